The summed E-state index contributed by atoms with van der Waals surface area (Å²) in [5.74, 6) is 0.922. The van der Waals surface area contributed by atoms with E-state index in [0.29, 0.717) is 5.88 Å². The Morgan fingerprint density at radius 3 is 2.77 bits per heavy atom. The number of nitrogens with one attached hydrogen (secondary N) is 1. The number of hydrogen-bond donors (Lipinski definition) is 1. The number of rotatable bonds is 5. The van der Waals surface area contributed by atoms with Gasteiger partial charge in [0.1, 0.15) is 18.2 Å². The summed E-state index contributed by atoms with van der Waals surface area (Å²) in [7, 11) is 1.62. The summed E-state index contributed by atoms with van der Waals surface area (Å²) in [6.45, 7) is 0.258. The Kier molecular flexibility index (Phi) is 4.05. The molecule has 1 heterocycles. The molecule has 0 radical (unpaired) electrons. The number of hydrogen-bond acceptors (Lipinski definition) is 3. The maximum atomic E-state index is 13.1. The number of nitrogens with zero attached hydrogens (tertiary/aromatic N) is 1. The third kappa shape index (κ3) is 3.09. The molecule has 3 aromatic rings. The molecule has 0 fully saturated rings. The van der Waals surface area contributed by atoms with E-state index >= 15 is 0 Å². The SMILES string of the molecule is COc1ccccc1-c1cc(OCc2cccc(F)c2)n[nH]1. The van der Waals surface area contributed by atoms with E-state index in [1.54, 1.807) is 25.3 Å². The van der Waals surface area contributed by atoms with Gasteiger partial charge >= 0.3 is 0 Å². The van der Waals surface area contributed by atoms with E-state index in [0.717, 1.165) is 22.6 Å². The van der Waals surface area contributed by atoms with Gasteiger partial charge in [0.05, 0.1) is 12.8 Å². The van der Waals surface area contributed by atoms with E-state index in [1.807, 2.05) is 24.3 Å². The van der Waals surface area contributed by atoms with Crippen molar-refractivity contribution in [3.8, 4) is 22.9 Å². The molecular formula is C17H15FN2O2. The first-order chi connectivity index (χ1) is 10.8. The molecule has 0 saturated carbocycles. The second-order valence-corrected chi connectivity index (χ2v) is 4.74. The predicted octanol–water partition coefficient (Wildman–Crippen LogP) is 3.80. The lowest BCUT2D eigenvalue weighted by Crippen LogP contribution is -1.95. The zero-order valence-corrected chi connectivity index (χ0v) is 12.0. The van der Waals surface area contributed by atoms with E-state index in [2.05, 4.69) is 10.2 Å². The van der Waals surface area contributed by atoms with Crippen molar-refractivity contribution in [2.24, 2.45) is 0 Å². The van der Waals surface area contributed by atoms with E-state index in [4.69, 9.17) is 9.47 Å². The molecule has 0 spiro atoms. The molecule has 1 aromatic heterocycles. The molecule has 0 bridgehead atoms. The van der Waals surface area contributed by atoms with Crippen LogP contribution in [0, 0.1) is 5.82 Å². The lowest BCUT2D eigenvalue weighted by atomic mass is 10.1. The maximum Gasteiger partial charge on any atom is 0.233 e. The van der Waals surface area contributed by atoms with Crippen LogP contribution in [-0.2, 0) is 6.61 Å². The number of H-pyrrole nitrogens is 1. The lowest BCUT2D eigenvalue weighted by Gasteiger charge is -2.05. The highest BCUT2D eigenvalue weighted by Gasteiger charge is 2.09. The molecule has 5 heteroatoms. The average Bonchev–Trinajstić information content (AvgIpc) is 3.02. The van der Waals surface area contributed by atoms with Crippen LogP contribution < -0.4 is 9.47 Å². The van der Waals surface area contributed by atoms with Crippen molar-refractivity contribution >= 4 is 0 Å². The summed E-state index contributed by atoms with van der Waals surface area (Å²) in [4.78, 5) is 0. The van der Waals surface area contributed by atoms with Crippen LogP contribution in [0.5, 0.6) is 11.6 Å². The molecule has 2 aromatic carbocycles. The van der Waals surface area contributed by atoms with Crippen molar-refractivity contribution in [2.45, 2.75) is 6.61 Å². The second-order valence-electron chi connectivity index (χ2n) is 4.74. The molecule has 4 nitrogen and oxygen atoms in total. The van der Waals surface area contributed by atoms with Gasteiger partial charge in [-0.15, -0.1) is 5.10 Å². The Balaban J connectivity index is 1.74. The second kappa shape index (κ2) is 6.30. The van der Waals surface area contributed by atoms with Gasteiger partial charge in [0.25, 0.3) is 0 Å². The van der Waals surface area contributed by atoms with Crippen molar-refractivity contribution in [1.82, 2.24) is 10.2 Å². The Morgan fingerprint density at radius 1 is 1.09 bits per heavy atom. The number of aromatic amines is 1. The molecule has 0 amide bonds. The van der Waals surface area contributed by atoms with Gasteiger partial charge in [-0.05, 0) is 29.8 Å². The van der Waals surface area contributed by atoms with Gasteiger partial charge in [-0.2, -0.15) is 0 Å². The summed E-state index contributed by atoms with van der Waals surface area (Å²) in [5.41, 5.74) is 2.45. The van der Waals surface area contributed by atoms with E-state index < -0.39 is 0 Å². The Bertz CT molecular complexity index is 771. The fourth-order valence-corrected chi connectivity index (χ4v) is 2.17. The largest absolute Gasteiger partial charge is 0.496 e. The molecule has 0 atom stereocenters. The van der Waals surface area contributed by atoms with Gasteiger partial charge in [-0.1, -0.05) is 24.3 Å². The van der Waals surface area contributed by atoms with Crippen LogP contribution >= 0.6 is 0 Å². The van der Waals surface area contributed by atoms with Crippen molar-refractivity contribution in [1.29, 1.82) is 0 Å². The van der Waals surface area contributed by atoms with Crippen LogP contribution in [0.3, 0.4) is 0 Å². The number of ether oxygens (including phenoxy) is 2. The van der Waals surface area contributed by atoms with Crippen molar-refractivity contribution < 1.29 is 13.9 Å². The van der Waals surface area contributed by atoms with Crippen molar-refractivity contribution in [2.75, 3.05) is 7.11 Å². The van der Waals surface area contributed by atoms with E-state index in [9.17, 15) is 4.39 Å². The van der Waals surface area contributed by atoms with Crippen LogP contribution in [0.15, 0.2) is 54.6 Å². The first-order valence-corrected chi connectivity index (χ1v) is 6.82. The minimum absolute atomic E-state index is 0.258. The quantitative estimate of drug-likeness (QED) is 0.779. The fraction of sp³-hybridized carbons (Fsp3) is 0.118. The number of aromatic nitrogens is 2. The fourth-order valence-electron chi connectivity index (χ4n) is 2.17. The monoisotopic (exact) mass is 298 g/mol. The molecule has 0 aliphatic carbocycles. The molecule has 3 rings (SSSR count). The lowest BCUT2D eigenvalue weighted by molar-refractivity contribution is 0.293. The van der Waals surface area contributed by atoms with Gasteiger partial charge in [0.15, 0.2) is 0 Å². The average molecular weight is 298 g/mol. The van der Waals surface area contributed by atoms with Crippen LogP contribution in [-0.4, -0.2) is 17.3 Å². The summed E-state index contributed by atoms with van der Waals surface area (Å²) in [5, 5.41) is 7.02. The van der Waals surface area contributed by atoms with Crippen LogP contribution in [0.25, 0.3) is 11.3 Å². The first-order valence-electron chi connectivity index (χ1n) is 6.82. The minimum atomic E-state index is -0.280. The number of methoxy groups -OCH3 is 1. The highest BCUT2D eigenvalue weighted by Crippen LogP contribution is 2.29. The Morgan fingerprint density at radius 2 is 1.95 bits per heavy atom. The standard InChI is InChI=1S/C17H15FN2O2/c1-21-16-8-3-2-7-14(16)15-10-17(20-19-15)22-11-12-5-4-6-13(18)9-12/h2-10H,11H2,1H3,(H,19,20). The molecular weight excluding hydrogens is 283 g/mol. The smallest absolute Gasteiger partial charge is 0.233 e. The number of halogens is 1. The van der Waals surface area contributed by atoms with Gasteiger partial charge < -0.3 is 9.47 Å². The van der Waals surface area contributed by atoms with Gasteiger partial charge in [-0.25, -0.2) is 4.39 Å². The normalized spacial score (nSPS) is 10.5. The van der Waals surface area contributed by atoms with Gasteiger partial charge in [0, 0.05) is 11.6 Å². The summed E-state index contributed by atoms with van der Waals surface area (Å²) in [6.07, 6.45) is 0. The predicted molar refractivity (Wildman–Crippen MR) is 81.3 cm³/mol. The molecule has 112 valence electrons. The summed E-state index contributed by atoms with van der Waals surface area (Å²) in [6, 6.07) is 15.7. The molecule has 0 unspecified atom stereocenters. The van der Waals surface area contributed by atoms with Crippen LogP contribution in [0.4, 0.5) is 4.39 Å². The van der Waals surface area contributed by atoms with Crippen molar-refractivity contribution in [3.63, 3.8) is 0 Å². The van der Waals surface area contributed by atoms with E-state index in [1.165, 1.54) is 12.1 Å². The zero-order chi connectivity index (χ0) is 15.4. The van der Waals surface area contributed by atoms with Gasteiger partial charge in [0.2, 0.25) is 5.88 Å². The number of benzene rings is 2. The van der Waals surface area contributed by atoms with Crippen LogP contribution in [0.2, 0.25) is 0 Å². The highest BCUT2D eigenvalue weighted by molar-refractivity contribution is 5.67. The third-order valence-corrected chi connectivity index (χ3v) is 3.23. The highest BCUT2D eigenvalue weighted by atomic mass is 19.1. The Hall–Kier alpha value is -2.82. The molecule has 1 N–H and O–H groups in total. The molecule has 22 heavy (non-hydrogen) atoms. The molecule has 0 saturated heterocycles. The summed E-state index contributed by atoms with van der Waals surface area (Å²) < 4.78 is 24.0. The molecule has 0 aliphatic heterocycles. The molecule has 0 aliphatic rings. The van der Waals surface area contributed by atoms with Gasteiger partial charge in [-0.3, -0.25) is 5.10 Å². The minimum Gasteiger partial charge on any atom is -0.496 e. The first kappa shape index (κ1) is 14.1. The topological polar surface area (TPSA) is 47.1 Å². The third-order valence-electron chi connectivity index (χ3n) is 3.23. The van der Waals surface area contributed by atoms with Crippen LogP contribution in [0.1, 0.15) is 5.56 Å². The Labute approximate surface area is 127 Å². The summed E-state index contributed by atoms with van der Waals surface area (Å²) >= 11 is 0. The van der Waals surface area contributed by atoms with E-state index in [-0.39, 0.29) is 12.4 Å². The maximum absolute atomic E-state index is 13.1. The van der Waals surface area contributed by atoms with Crippen molar-refractivity contribution in [3.05, 3.63) is 66.0 Å². The zero-order valence-electron chi connectivity index (χ0n) is 12.0. The number of para-hydroxylation sites is 1.